The second-order valence-corrected chi connectivity index (χ2v) is 17.7. The minimum Gasteiger partial charge on any atom is -0.465 e. The van der Waals surface area contributed by atoms with E-state index in [1.54, 1.807) is 60.8 Å². The summed E-state index contributed by atoms with van der Waals surface area (Å²) in [4.78, 5) is 78.4. The van der Waals surface area contributed by atoms with E-state index in [4.69, 9.17) is 28.2 Å². The zero-order valence-electron chi connectivity index (χ0n) is 33.0. The number of rotatable bonds is 15. The molecule has 1 aromatic carbocycles. The second-order valence-electron chi connectivity index (χ2n) is 15.5. The number of hydrogen-bond donors (Lipinski definition) is 2. The molecule has 0 radical (unpaired) electrons. The summed E-state index contributed by atoms with van der Waals surface area (Å²) in [5.74, 6) is -1.83. The Hall–Kier alpha value is -4.64. The average molecular weight is 805 g/mol. The number of aromatic nitrogens is 2. The maximum absolute atomic E-state index is 14.1. The van der Waals surface area contributed by atoms with Gasteiger partial charge in [0.1, 0.15) is 17.6 Å². The molecule has 2 atom stereocenters. The second kappa shape index (κ2) is 19.0. The van der Waals surface area contributed by atoms with Crippen molar-refractivity contribution in [3.8, 4) is 11.4 Å². The van der Waals surface area contributed by atoms with Crippen molar-refractivity contribution in [3.63, 3.8) is 0 Å². The summed E-state index contributed by atoms with van der Waals surface area (Å²) in [7, 11) is -2.66. The zero-order valence-corrected chi connectivity index (χ0v) is 33.9. The SMILES string of the molecule is CO[C@H]1CCN(c2cc(C(=O)N[C@@H](CCP(=O)(OCOC(=O)C(C)(C)C)OCOC(=O)C(C)(C)C)C(=O)N3CCN(C(=O)O)CC3)nc(-c3ccccc3)n2)C1. The summed E-state index contributed by atoms with van der Waals surface area (Å²) in [6.07, 6.45) is -1.20. The Morgan fingerprint density at radius 2 is 1.45 bits per heavy atom. The van der Waals surface area contributed by atoms with Crippen LogP contribution in [0.4, 0.5) is 10.6 Å². The first-order chi connectivity index (χ1) is 26.3. The lowest BCUT2D eigenvalue weighted by molar-refractivity contribution is -0.162. The first-order valence-electron chi connectivity index (χ1n) is 18.3. The van der Waals surface area contributed by atoms with E-state index in [0.717, 1.165) is 6.42 Å². The van der Waals surface area contributed by atoms with E-state index < -0.39 is 74.1 Å². The number of nitrogens with one attached hydrogen (secondary N) is 1. The van der Waals surface area contributed by atoms with Gasteiger partial charge in [-0.1, -0.05) is 30.3 Å². The van der Waals surface area contributed by atoms with Crippen LogP contribution in [-0.4, -0.2) is 133 Å². The number of amides is 3. The molecule has 3 amide bonds. The lowest BCUT2D eigenvalue weighted by Crippen LogP contribution is -2.56. The summed E-state index contributed by atoms with van der Waals surface area (Å²) in [6.45, 7) is 9.52. The van der Waals surface area contributed by atoms with Crippen molar-refractivity contribution in [2.24, 2.45) is 10.8 Å². The molecule has 0 unspecified atom stereocenters. The Morgan fingerprint density at radius 3 is 1.96 bits per heavy atom. The van der Waals surface area contributed by atoms with E-state index in [2.05, 4.69) is 10.3 Å². The minimum atomic E-state index is -4.29. The van der Waals surface area contributed by atoms with Crippen molar-refractivity contribution in [3.05, 3.63) is 42.1 Å². The van der Waals surface area contributed by atoms with Crippen molar-refractivity contribution < 1.29 is 56.9 Å². The number of carbonyl (C=O) groups excluding carboxylic acids is 4. The molecule has 0 bridgehead atoms. The van der Waals surface area contributed by atoms with Gasteiger partial charge in [0.25, 0.3) is 5.91 Å². The van der Waals surface area contributed by atoms with Gasteiger partial charge in [-0.25, -0.2) is 14.8 Å². The molecule has 18 nitrogen and oxygen atoms in total. The number of carboxylic acid groups (broad SMARTS) is 1. The van der Waals surface area contributed by atoms with E-state index in [1.807, 2.05) is 23.1 Å². The normalized spacial score (nSPS) is 17.0. The number of piperazine rings is 1. The topological polar surface area (TPSA) is 216 Å². The van der Waals surface area contributed by atoms with Gasteiger partial charge < -0.3 is 39.3 Å². The van der Waals surface area contributed by atoms with E-state index in [0.29, 0.717) is 24.5 Å². The van der Waals surface area contributed by atoms with Crippen LogP contribution in [0, 0.1) is 10.8 Å². The average Bonchev–Trinajstić information content (AvgIpc) is 3.65. The van der Waals surface area contributed by atoms with Gasteiger partial charge in [0, 0.05) is 58.0 Å². The summed E-state index contributed by atoms with van der Waals surface area (Å²) >= 11 is 0. The van der Waals surface area contributed by atoms with Crippen molar-refractivity contribution in [1.82, 2.24) is 25.1 Å². The first-order valence-corrected chi connectivity index (χ1v) is 20.0. The molecule has 3 heterocycles. The highest BCUT2D eigenvalue weighted by molar-refractivity contribution is 7.53. The van der Waals surface area contributed by atoms with E-state index in [-0.39, 0.29) is 50.2 Å². The Labute approximate surface area is 326 Å². The van der Waals surface area contributed by atoms with Gasteiger partial charge in [-0.15, -0.1) is 0 Å². The molecule has 0 spiro atoms. The molecule has 308 valence electrons. The monoisotopic (exact) mass is 804 g/mol. The number of benzene rings is 1. The van der Waals surface area contributed by atoms with Gasteiger partial charge in [-0.3, -0.25) is 32.8 Å². The third-order valence-corrected chi connectivity index (χ3v) is 10.8. The molecule has 2 fully saturated rings. The van der Waals surface area contributed by atoms with Gasteiger partial charge in [0.15, 0.2) is 5.82 Å². The van der Waals surface area contributed by atoms with Gasteiger partial charge in [-0.05, 0) is 54.4 Å². The summed E-state index contributed by atoms with van der Waals surface area (Å²) in [5.41, 5.74) is -1.18. The predicted octanol–water partition coefficient (Wildman–Crippen LogP) is 4.00. The zero-order chi connectivity index (χ0) is 41.3. The molecule has 2 aliphatic heterocycles. The van der Waals surface area contributed by atoms with Crippen molar-refractivity contribution >= 4 is 43.3 Å². The van der Waals surface area contributed by atoms with Gasteiger partial charge >= 0.3 is 25.6 Å². The highest BCUT2D eigenvalue weighted by Crippen LogP contribution is 2.49. The highest BCUT2D eigenvalue weighted by Gasteiger charge is 2.36. The van der Waals surface area contributed by atoms with E-state index >= 15 is 0 Å². The number of anilines is 1. The molecule has 2 saturated heterocycles. The molecule has 19 heteroatoms. The van der Waals surface area contributed by atoms with Crippen molar-refractivity contribution in [2.75, 3.05) is 71.0 Å². The standard InChI is InChI=1S/C37H53N6O12P/c1-36(2,3)33(46)52-23-54-56(50,55-24-53-34(47)37(4,5)6)20-14-27(32(45)41-16-18-42(19-17-41)35(48)49)39-31(44)28-21-29(43-15-13-26(22-43)51-7)40-30(38-28)25-11-9-8-10-12-25/h8-12,21,26-27H,13-20,22-24H2,1-7H3,(H,39,44)(H,48,49)/t26-,27-/m0/s1. The molecule has 56 heavy (non-hydrogen) atoms. The number of carbonyl (C=O) groups is 5. The van der Waals surface area contributed by atoms with Gasteiger partial charge in [-0.2, -0.15) is 0 Å². The maximum Gasteiger partial charge on any atom is 0.407 e. The molecule has 1 aromatic heterocycles. The highest BCUT2D eigenvalue weighted by atomic mass is 31.2. The van der Waals surface area contributed by atoms with Crippen molar-refractivity contribution in [2.45, 2.75) is 66.5 Å². The van der Waals surface area contributed by atoms with Crippen LogP contribution in [0.3, 0.4) is 0 Å². The van der Waals surface area contributed by atoms with Crippen LogP contribution in [0.1, 0.15) is 64.9 Å². The summed E-state index contributed by atoms with van der Waals surface area (Å²) in [5, 5.41) is 12.2. The number of nitrogens with zero attached hydrogens (tertiary/aromatic N) is 5. The van der Waals surface area contributed by atoms with E-state index in [1.165, 1.54) is 15.9 Å². The Balaban J connectivity index is 1.62. The van der Waals surface area contributed by atoms with Gasteiger partial charge in [0.05, 0.1) is 23.1 Å². The van der Waals surface area contributed by atoms with Crippen LogP contribution < -0.4 is 10.2 Å². The van der Waals surface area contributed by atoms with Gasteiger partial charge in [0.2, 0.25) is 19.5 Å². The van der Waals surface area contributed by atoms with Crippen LogP contribution in [0.5, 0.6) is 0 Å². The largest absolute Gasteiger partial charge is 0.465 e. The predicted molar refractivity (Wildman–Crippen MR) is 203 cm³/mol. The minimum absolute atomic E-state index is 0.0277. The molecule has 4 rings (SSSR count). The first kappa shape index (κ1) is 44.1. The fraction of sp³-hybridized carbons (Fsp3) is 0.595. The lowest BCUT2D eigenvalue weighted by Gasteiger charge is -2.35. The summed E-state index contributed by atoms with van der Waals surface area (Å²) in [6, 6.07) is 9.27. The van der Waals surface area contributed by atoms with Crippen LogP contribution >= 0.6 is 7.60 Å². The molecular formula is C37H53N6O12P. The molecule has 0 aliphatic carbocycles. The number of methoxy groups -OCH3 is 1. The molecule has 2 N–H and O–H groups in total. The molecule has 2 aromatic rings. The van der Waals surface area contributed by atoms with Crippen LogP contribution in [0.15, 0.2) is 36.4 Å². The smallest absolute Gasteiger partial charge is 0.407 e. The quantitative estimate of drug-likeness (QED) is 0.148. The van der Waals surface area contributed by atoms with Crippen LogP contribution in [0.25, 0.3) is 11.4 Å². The lowest BCUT2D eigenvalue weighted by atomic mass is 9.98. The number of hydrogen-bond acceptors (Lipinski definition) is 14. The number of esters is 2. The summed E-state index contributed by atoms with van der Waals surface area (Å²) < 4.78 is 40.9. The van der Waals surface area contributed by atoms with Crippen LogP contribution in [-0.2, 0) is 42.2 Å². The van der Waals surface area contributed by atoms with E-state index in [9.17, 15) is 33.6 Å². The van der Waals surface area contributed by atoms with Crippen LogP contribution in [0.2, 0.25) is 0 Å². The number of ether oxygens (including phenoxy) is 3. The molecular weight excluding hydrogens is 751 g/mol. The Kier molecular flexibility index (Phi) is 15.0. The Bertz CT molecular complexity index is 1720. The fourth-order valence-electron chi connectivity index (χ4n) is 5.59. The Morgan fingerprint density at radius 1 is 0.875 bits per heavy atom. The van der Waals surface area contributed by atoms with Crippen molar-refractivity contribution in [1.29, 1.82) is 0 Å². The molecule has 2 aliphatic rings. The maximum atomic E-state index is 14.1. The third kappa shape index (κ3) is 12.4. The fourth-order valence-corrected chi connectivity index (χ4v) is 6.93. The molecule has 0 saturated carbocycles. The third-order valence-electron chi connectivity index (χ3n) is 9.04.